The van der Waals surface area contributed by atoms with Gasteiger partial charge in [0.25, 0.3) is 11.8 Å². The molecule has 1 aromatic heterocycles. The standard InChI is InChI=1S/C24H24ClN5O2/c1-29(2)18-12-10-17(11-13-18)15-22(27-23(31)20-8-4-5-9-21(20)25)24(32)28-26-16-19-7-6-14-30(19)3/h4-16H,1-3H3,(H,27,31)(H,28,32)/b22-15+,26-16-. The van der Waals surface area contributed by atoms with E-state index in [1.54, 1.807) is 30.3 Å². The number of hydrogen-bond donors (Lipinski definition) is 2. The first kappa shape index (κ1) is 22.8. The number of amides is 2. The fraction of sp³-hybridized carbons (Fsp3) is 0.125. The number of nitrogens with zero attached hydrogens (tertiary/aromatic N) is 3. The van der Waals surface area contributed by atoms with Crippen LogP contribution in [0.1, 0.15) is 21.6 Å². The van der Waals surface area contributed by atoms with Gasteiger partial charge in [0.1, 0.15) is 5.70 Å². The fourth-order valence-electron chi connectivity index (χ4n) is 2.85. The number of halogens is 1. The van der Waals surface area contributed by atoms with Crippen LogP contribution in [0.3, 0.4) is 0 Å². The van der Waals surface area contributed by atoms with Crippen molar-refractivity contribution in [1.82, 2.24) is 15.3 Å². The molecule has 3 aromatic rings. The molecule has 2 aromatic carbocycles. The first-order chi connectivity index (χ1) is 15.3. The number of hydrogen-bond acceptors (Lipinski definition) is 4. The van der Waals surface area contributed by atoms with Gasteiger partial charge in [-0.1, -0.05) is 35.9 Å². The van der Waals surface area contributed by atoms with Gasteiger partial charge in [0.15, 0.2) is 0 Å². The van der Waals surface area contributed by atoms with E-state index in [2.05, 4.69) is 15.8 Å². The minimum absolute atomic E-state index is 0.0385. The predicted octanol–water partition coefficient (Wildman–Crippen LogP) is 3.67. The number of carbonyl (C=O) groups is 2. The smallest absolute Gasteiger partial charge is 0.287 e. The maximum Gasteiger partial charge on any atom is 0.287 e. The van der Waals surface area contributed by atoms with E-state index in [-0.39, 0.29) is 11.3 Å². The molecule has 0 saturated heterocycles. The molecule has 1 heterocycles. The second-order valence-electron chi connectivity index (χ2n) is 7.22. The summed E-state index contributed by atoms with van der Waals surface area (Å²) in [6.07, 6.45) is 4.98. The second kappa shape index (κ2) is 10.5. The van der Waals surface area contributed by atoms with Gasteiger partial charge >= 0.3 is 0 Å². The van der Waals surface area contributed by atoms with Crippen molar-refractivity contribution in [2.45, 2.75) is 0 Å². The fourth-order valence-corrected chi connectivity index (χ4v) is 3.08. The van der Waals surface area contributed by atoms with E-state index in [1.165, 1.54) is 6.21 Å². The molecule has 0 spiro atoms. The number of hydrazone groups is 1. The zero-order valence-corrected chi connectivity index (χ0v) is 18.8. The third-order valence-electron chi connectivity index (χ3n) is 4.68. The third kappa shape index (κ3) is 5.86. The van der Waals surface area contributed by atoms with E-state index in [0.29, 0.717) is 5.02 Å². The van der Waals surface area contributed by atoms with Crippen LogP contribution in [0.4, 0.5) is 5.69 Å². The molecule has 0 radical (unpaired) electrons. The minimum atomic E-state index is -0.562. The molecule has 0 bridgehead atoms. The lowest BCUT2D eigenvalue weighted by atomic mass is 10.1. The highest BCUT2D eigenvalue weighted by molar-refractivity contribution is 6.34. The lowest BCUT2D eigenvalue weighted by Gasteiger charge is -2.13. The Labute approximate surface area is 192 Å². The van der Waals surface area contributed by atoms with Crippen LogP contribution in [-0.2, 0) is 11.8 Å². The molecule has 8 heteroatoms. The van der Waals surface area contributed by atoms with Crippen LogP contribution in [0.2, 0.25) is 5.02 Å². The van der Waals surface area contributed by atoms with Crippen LogP contribution >= 0.6 is 11.6 Å². The Morgan fingerprint density at radius 1 is 1.03 bits per heavy atom. The summed E-state index contributed by atoms with van der Waals surface area (Å²) in [5.41, 5.74) is 5.34. The van der Waals surface area contributed by atoms with Crippen molar-refractivity contribution in [3.05, 3.63) is 94.4 Å². The van der Waals surface area contributed by atoms with E-state index in [0.717, 1.165) is 16.9 Å². The number of nitrogens with one attached hydrogen (secondary N) is 2. The van der Waals surface area contributed by atoms with Gasteiger partial charge in [0.2, 0.25) is 0 Å². The Hall–Kier alpha value is -3.84. The zero-order chi connectivity index (χ0) is 23.1. The average Bonchev–Trinajstić information content (AvgIpc) is 3.18. The average molecular weight is 450 g/mol. The van der Waals surface area contributed by atoms with Gasteiger partial charge in [0, 0.05) is 33.0 Å². The molecule has 32 heavy (non-hydrogen) atoms. The second-order valence-corrected chi connectivity index (χ2v) is 7.63. The highest BCUT2D eigenvalue weighted by Gasteiger charge is 2.16. The summed E-state index contributed by atoms with van der Waals surface area (Å²) < 4.78 is 1.86. The van der Waals surface area contributed by atoms with E-state index < -0.39 is 11.8 Å². The number of carbonyl (C=O) groups excluding carboxylic acids is 2. The molecule has 0 saturated carbocycles. The SMILES string of the molecule is CN(C)c1ccc(/C=C(/NC(=O)c2ccccc2Cl)C(=O)N/N=C\c2cccn2C)cc1. The van der Waals surface area contributed by atoms with Crippen LogP contribution in [0.5, 0.6) is 0 Å². The normalized spacial score (nSPS) is 11.4. The number of benzene rings is 2. The maximum atomic E-state index is 12.8. The van der Waals surface area contributed by atoms with Gasteiger partial charge in [-0.3, -0.25) is 9.59 Å². The highest BCUT2D eigenvalue weighted by Crippen LogP contribution is 2.17. The Kier molecular flexibility index (Phi) is 7.46. The van der Waals surface area contributed by atoms with Gasteiger partial charge in [0.05, 0.1) is 22.5 Å². The molecule has 0 aliphatic carbocycles. The maximum absolute atomic E-state index is 12.8. The molecular formula is C24H24ClN5O2. The molecule has 0 unspecified atom stereocenters. The van der Waals surface area contributed by atoms with Crippen LogP contribution in [0.25, 0.3) is 6.08 Å². The minimum Gasteiger partial charge on any atom is -0.378 e. The molecule has 7 nitrogen and oxygen atoms in total. The van der Waals surface area contributed by atoms with E-state index in [9.17, 15) is 9.59 Å². The molecular weight excluding hydrogens is 426 g/mol. The van der Waals surface area contributed by atoms with E-state index in [4.69, 9.17) is 11.6 Å². The highest BCUT2D eigenvalue weighted by atomic mass is 35.5. The summed E-state index contributed by atoms with van der Waals surface area (Å²) in [5, 5.41) is 6.95. The lowest BCUT2D eigenvalue weighted by molar-refractivity contribution is -0.117. The number of rotatable bonds is 7. The zero-order valence-electron chi connectivity index (χ0n) is 18.0. The van der Waals surface area contributed by atoms with Crippen molar-refractivity contribution in [2.75, 3.05) is 19.0 Å². The molecule has 3 rings (SSSR count). The van der Waals surface area contributed by atoms with Crippen LogP contribution in [0.15, 0.2) is 77.7 Å². The van der Waals surface area contributed by atoms with E-state index in [1.807, 2.05) is 73.2 Å². The number of aryl methyl sites for hydroxylation is 1. The molecule has 164 valence electrons. The van der Waals surface area contributed by atoms with Gasteiger partial charge < -0.3 is 14.8 Å². The largest absolute Gasteiger partial charge is 0.378 e. The Morgan fingerprint density at radius 3 is 2.38 bits per heavy atom. The van der Waals surface area contributed by atoms with Crippen LogP contribution < -0.4 is 15.6 Å². The first-order valence-electron chi connectivity index (χ1n) is 9.85. The van der Waals surface area contributed by atoms with Crippen LogP contribution in [-0.4, -0.2) is 36.7 Å². The lowest BCUT2D eigenvalue weighted by Crippen LogP contribution is -2.33. The van der Waals surface area contributed by atoms with Crippen molar-refractivity contribution in [2.24, 2.45) is 12.1 Å². The van der Waals surface area contributed by atoms with Gasteiger partial charge in [-0.2, -0.15) is 5.10 Å². The predicted molar refractivity (Wildman–Crippen MR) is 129 cm³/mol. The van der Waals surface area contributed by atoms with Crippen molar-refractivity contribution >= 4 is 41.4 Å². The quantitative estimate of drug-likeness (QED) is 0.328. The molecule has 0 aliphatic heterocycles. The first-order valence-corrected chi connectivity index (χ1v) is 10.2. The third-order valence-corrected chi connectivity index (χ3v) is 5.01. The molecule has 0 fully saturated rings. The summed E-state index contributed by atoms with van der Waals surface area (Å²) in [5.74, 6) is -1.05. The molecule has 2 N–H and O–H groups in total. The monoisotopic (exact) mass is 449 g/mol. The van der Waals surface area contributed by atoms with Crippen molar-refractivity contribution in [3.8, 4) is 0 Å². The summed E-state index contributed by atoms with van der Waals surface area (Å²) in [6, 6.07) is 17.9. The number of anilines is 1. The molecule has 0 aliphatic rings. The van der Waals surface area contributed by atoms with Crippen molar-refractivity contribution in [3.63, 3.8) is 0 Å². The van der Waals surface area contributed by atoms with Crippen LogP contribution in [0, 0.1) is 0 Å². The summed E-state index contributed by atoms with van der Waals surface area (Å²) in [4.78, 5) is 27.6. The van der Waals surface area contributed by atoms with Crippen molar-refractivity contribution < 1.29 is 9.59 Å². The number of aromatic nitrogens is 1. The van der Waals surface area contributed by atoms with Gasteiger partial charge in [-0.25, -0.2) is 5.43 Å². The van der Waals surface area contributed by atoms with Crippen molar-refractivity contribution in [1.29, 1.82) is 0 Å². The summed E-state index contributed by atoms with van der Waals surface area (Å²) in [7, 11) is 5.76. The summed E-state index contributed by atoms with van der Waals surface area (Å²) >= 11 is 6.13. The molecule has 0 atom stereocenters. The van der Waals surface area contributed by atoms with E-state index >= 15 is 0 Å². The Morgan fingerprint density at radius 2 is 1.75 bits per heavy atom. The topological polar surface area (TPSA) is 78.7 Å². The van der Waals surface area contributed by atoms with Gasteiger partial charge in [-0.15, -0.1) is 0 Å². The Balaban J connectivity index is 1.85. The molecule has 2 amide bonds. The van der Waals surface area contributed by atoms with Gasteiger partial charge in [-0.05, 0) is 48.0 Å². The summed E-state index contributed by atoms with van der Waals surface area (Å²) in [6.45, 7) is 0. The Bertz CT molecular complexity index is 1160.